The molecule has 1 rings (SSSR count). The number of methoxy groups -OCH3 is 1. The van der Waals surface area contributed by atoms with Crippen molar-refractivity contribution in [1.82, 2.24) is 15.5 Å². The Morgan fingerprint density at radius 3 is 2.59 bits per heavy atom. The summed E-state index contributed by atoms with van der Waals surface area (Å²) < 4.78 is 10.5. The van der Waals surface area contributed by atoms with Crippen LogP contribution in [-0.2, 0) is 4.74 Å². The van der Waals surface area contributed by atoms with Crippen molar-refractivity contribution >= 4 is 0 Å². The van der Waals surface area contributed by atoms with Crippen molar-refractivity contribution in [3.8, 4) is 0 Å². The first-order chi connectivity index (χ1) is 8.13. The Bertz CT molecular complexity index is 327. The SMILES string of the molecule is CCNC(C)C(CC)c1nc(C(C)OC)no1. The van der Waals surface area contributed by atoms with Gasteiger partial charge in [0.15, 0.2) is 5.82 Å². The monoisotopic (exact) mass is 241 g/mol. The molecular weight excluding hydrogens is 218 g/mol. The Hall–Kier alpha value is -0.940. The zero-order valence-electron chi connectivity index (χ0n) is 11.4. The van der Waals surface area contributed by atoms with Gasteiger partial charge in [-0.2, -0.15) is 4.98 Å². The van der Waals surface area contributed by atoms with E-state index in [2.05, 4.69) is 36.2 Å². The standard InChI is InChI=1S/C12H23N3O2/c1-6-10(8(3)13-7-2)12-14-11(15-17-12)9(4)16-5/h8-10,13H,6-7H2,1-5H3. The second-order valence-electron chi connectivity index (χ2n) is 4.23. The van der Waals surface area contributed by atoms with Gasteiger partial charge in [-0.1, -0.05) is 19.0 Å². The second kappa shape index (κ2) is 6.71. The zero-order chi connectivity index (χ0) is 12.8. The second-order valence-corrected chi connectivity index (χ2v) is 4.23. The molecule has 0 saturated heterocycles. The molecule has 3 unspecified atom stereocenters. The molecule has 0 aliphatic carbocycles. The molecule has 0 bridgehead atoms. The highest BCUT2D eigenvalue weighted by atomic mass is 16.5. The largest absolute Gasteiger partial charge is 0.374 e. The summed E-state index contributed by atoms with van der Waals surface area (Å²) in [5.41, 5.74) is 0. The lowest BCUT2D eigenvalue weighted by Crippen LogP contribution is -2.31. The summed E-state index contributed by atoms with van der Waals surface area (Å²) in [6.45, 7) is 9.20. The van der Waals surface area contributed by atoms with Crippen molar-refractivity contribution in [2.45, 2.75) is 52.2 Å². The number of ether oxygens (including phenoxy) is 1. The average Bonchev–Trinajstić information content (AvgIpc) is 2.79. The van der Waals surface area contributed by atoms with Crippen molar-refractivity contribution < 1.29 is 9.26 Å². The number of aromatic nitrogens is 2. The van der Waals surface area contributed by atoms with E-state index in [0.29, 0.717) is 17.8 Å². The predicted molar refractivity (Wildman–Crippen MR) is 65.9 cm³/mol. The van der Waals surface area contributed by atoms with Gasteiger partial charge in [0.2, 0.25) is 5.89 Å². The van der Waals surface area contributed by atoms with E-state index in [1.165, 1.54) is 0 Å². The van der Waals surface area contributed by atoms with E-state index in [1.54, 1.807) is 7.11 Å². The molecule has 1 heterocycles. The van der Waals surface area contributed by atoms with Gasteiger partial charge in [0.1, 0.15) is 6.10 Å². The summed E-state index contributed by atoms with van der Waals surface area (Å²) in [5.74, 6) is 1.56. The number of hydrogen-bond acceptors (Lipinski definition) is 5. The smallest absolute Gasteiger partial charge is 0.231 e. The highest BCUT2D eigenvalue weighted by Crippen LogP contribution is 2.23. The van der Waals surface area contributed by atoms with Crippen LogP contribution in [0.3, 0.4) is 0 Å². The Labute approximate surface area is 103 Å². The van der Waals surface area contributed by atoms with Gasteiger partial charge in [-0.15, -0.1) is 0 Å². The molecule has 0 amide bonds. The molecule has 0 fully saturated rings. The van der Waals surface area contributed by atoms with Crippen LogP contribution in [0, 0.1) is 0 Å². The van der Waals surface area contributed by atoms with Crippen LogP contribution in [-0.4, -0.2) is 29.8 Å². The minimum absolute atomic E-state index is 0.126. The highest BCUT2D eigenvalue weighted by Gasteiger charge is 2.24. The molecule has 1 aromatic rings. The molecule has 5 nitrogen and oxygen atoms in total. The molecule has 0 saturated carbocycles. The first-order valence-electron chi connectivity index (χ1n) is 6.23. The Balaban J connectivity index is 2.78. The van der Waals surface area contributed by atoms with E-state index in [0.717, 1.165) is 13.0 Å². The predicted octanol–water partition coefficient (Wildman–Crippen LogP) is 2.27. The van der Waals surface area contributed by atoms with Gasteiger partial charge < -0.3 is 14.6 Å². The van der Waals surface area contributed by atoms with Crippen LogP contribution < -0.4 is 5.32 Å². The summed E-state index contributed by atoms with van der Waals surface area (Å²) in [5, 5.41) is 7.35. The molecule has 0 radical (unpaired) electrons. The fourth-order valence-electron chi connectivity index (χ4n) is 1.87. The van der Waals surface area contributed by atoms with E-state index < -0.39 is 0 Å². The van der Waals surface area contributed by atoms with Crippen molar-refractivity contribution in [2.24, 2.45) is 0 Å². The van der Waals surface area contributed by atoms with Crippen LogP contribution >= 0.6 is 0 Å². The maximum atomic E-state index is 5.33. The Kier molecular flexibility index (Phi) is 5.58. The molecule has 0 aromatic carbocycles. The average molecular weight is 241 g/mol. The molecule has 3 atom stereocenters. The van der Waals surface area contributed by atoms with Crippen molar-refractivity contribution in [1.29, 1.82) is 0 Å². The third kappa shape index (κ3) is 3.51. The lowest BCUT2D eigenvalue weighted by Gasteiger charge is -2.19. The summed E-state index contributed by atoms with van der Waals surface area (Å²) in [7, 11) is 1.64. The summed E-state index contributed by atoms with van der Waals surface area (Å²) in [6.07, 6.45) is 0.844. The molecule has 17 heavy (non-hydrogen) atoms. The van der Waals surface area contributed by atoms with Crippen LogP contribution in [0.1, 0.15) is 57.9 Å². The van der Waals surface area contributed by atoms with Gasteiger partial charge in [-0.05, 0) is 26.8 Å². The van der Waals surface area contributed by atoms with E-state index in [1.807, 2.05) is 6.92 Å². The number of nitrogens with zero attached hydrogens (tertiary/aromatic N) is 2. The molecular formula is C12H23N3O2. The number of likely N-dealkylation sites (N-methyl/N-ethyl adjacent to an activating group) is 1. The topological polar surface area (TPSA) is 60.2 Å². The normalized spacial score (nSPS) is 16.8. The number of hydrogen-bond donors (Lipinski definition) is 1. The zero-order valence-corrected chi connectivity index (χ0v) is 11.4. The van der Waals surface area contributed by atoms with Gasteiger partial charge in [0.05, 0.1) is 5.92 Å². The minimum Gasteiger partial charge on any atom is -0.374 e. The van der Waals surface area contributed by atoms with Gasteiger partial charge in [0.25, 0.3) is 0 Å². The molecule has 0 aliphatic rings. The van der Waals surface area contributed by atoms with E-state index >= 15 is 0 Å². The van der Waals surface area contributed by atoms with E-state index in [4.69, 9.17) is 9.26 Å². The lowest BCUT2D eigenvalue weighted by molar-refractivity contribution is 0.109. The molecule has 1 N–H and O–H groups in total. The van der Waals surface area contributed by atoms with Crippen LogP contribution in [0.4, 0.5) is 0 Å². The number of nitrogens with one attached hydrogen (secondary N) is 1. The molecule has 1 aromatic heterocycles. The molecule has 98 valence electrons. The fraction of sp³-hybridized carbons (Fsp3) is 0.833. The third-order valence-corrected chi connectivity index (χ3v) is 3.06. The van der Waals surface area contributed by atoms with Crippen LogP contribution in [0.2, 0.25) is 0 Å². The van der Waals surface area contributed by atoms with Crippen LogP contribution in [0.5, 0.6) is 0 Å². The van der Waals surface area contributed by atoms with Crippen LogP contribution in [0.25, 0.3) is 0 Å². The van der Waals surface area contributed by atoms with Gasteiger partial charge in [-0.25, -0.2) is 0 Å². The van der Waals surface area contributed by atoms with Gasteiger partial charge in [0, 0.05) is 13.2 Å². The maximum absolute atomic E-state index is 5.33. The molecule has 0 spiro atoms. The molecule has 5 heteroatoms. The van der Waals surface area contributed by atoms with Gasteiger partial charge in [-0.3, -0.25) is 0 Å². The van der Waals surface area contributed by atoms with Crippen molar-refractivity contribution in [2.75, 3.05) is 13.7 Å². The Morgan fingerprint density at radius 2 is 2.06 bits per heavy atom. The van der Waals surface area contributed by atoms with Crippen LogP contribution in [0.15, 0.2) is 4.52 Å². The molecule has 0 aliphatic heterocycles. The fourth-order valence-corrected chi connectivity index (χ4v) is 1.87. The summed E-state index contributed by atoms with van der Waals surface area (Å²) >= 11 is 0. The maximum Gasteiger partial charge on any atom is 0.231 e. The highest BCUT2D eigenvalue weighted by molar-refractivity contribution is 4.99. The quantitative estimate of drug-likeness (QED) is 0.793. The minimum atomic E-state index is -0.126. The third-order valence-electron chi connectivity index (χ3n) is 3.06. The number of rotatable bonds is 7. The van der Waals surface area contributed by atoms with E-state index in [-0.39, 0.29) is 12.0 Å². The first-order valence-corrected chi connectivity index (χ1v) is 6.23. The summed E-state index contributed by atoms with van der Waals surface area (Å²) in [4.78, 5) is 4.41. The summed E-state index contributed by atoms with van der Waals surface area (Å²) in [6, 6.07) is 0.330. The van der Waals surface area contributed by atoms with Crippen molar-refractivity contribution in [3.05, 3.63) is 11.7 Å². The first kappa shape index (κ1) is 14.1. The lowest BCUT2D eigenvalue weighted by atomic mass is 9.98. The van der Waals surface area contributed by atoms with E-state index in [9.17, 15) is 0 Å². The van der Waals surface area contributed by atoms with Crippen molar-refractivity contribution in [3.63, 3.8) is 0 Å². The van der Waals surface area contributed by atoms with Gasteiger partial charge >= 0.3 is 0 Å². The Morgan fingerprint density at radius 1 is 1.35 bits per heavy atom.